The second-order valence-corrected chi connectivity index (χ2v) is 6.56. The molecule has 0 radical (unpaired) electrons. The summed E-state index contributed by atoms with van der Waals surface area (Å²) in [5.74, 6) is 1.26. The molecule has 1 aromatic rings. The summed E-state index contributed by atoms with van der Waals surface area (Å²) in [7, 11) is 0. The summed E-state index contributed by atoms with van der Waals surface area (Å²) >= 11 is 2.01. The zero-order valence-corrected chi connectivity index (χ0v) is 11.2. The molecule has 3 rings (SSSR count). The first-order valence-corrected chi connectivity index (χ1v) is 7.79. The van der Waals surface area contributed by atoms with Crippen LogP contribution in [-0.4, -0.2) is 12.3 Å². The monoisotopic (exact) mass is 247 g/mol. The van der Waals surface area contributed by atoms with Crippen molar-refractivity contribution in [2.24, 2.45) is 5.73 Å². The normalized spacial score (nSPS) is 22.4. The molecule has 0 atom stereocenters. The van der Waals surface area contributed by atoms with Crippen molar-refractivity contribution in [2.45, 2.75) is 48.8 Å². The fourth-order valence-electron chi connectivity index (χ4n) is 3.53. The van der Waals surface area contributed by atoms with Gasteiger partial charge < -0.3 is 5.73 Å². The van der Waals surface area contributed by atoms with E-state index in [9.17, 15) is 0 Å². The van der Waals surface area contributed by atoms with E-state index in [1.165, 1.54) is 49.2 Å². The molecule has 2 N–H and O–H groups in total. The fourth-order valence-corrected chi connectivity index (χ4v) is 4.62. The molecule has 0 amide bonds. The quantitative estimate of drug-likeness (QED) is 0.865. The van der Waals surface area contributed by atoms with E-state index in [4.69, 9.17) is 5.73 Å². The second-order valence-electron chi connectivity index (χ2n) is 5.43. The maximum atomic E-state index is 6.16. The van der Waals surface area contributed by atoms with Crippen LogP contribution in [0.3, 0.4) is 0 Å². The molecule has 2 aliphatic rings. The average Bonchev–Trinajstić information content (AvgIpc) is 2.87. The molecule has 0 spiro atoms. The van der Waals surface area contributed by atoms with E-state index >= 15 is 0 Å². The molecule has 1 heterocycles. The van der Waals surface area contributed by atoms with Crippen LogP contribution in [0.4, 0.5) is 0 Å². The number of rotatable bonds is 2. The van der Waals surface area contributed by atoms with Gasteiger partial charge >= 0.3 is 0 Å². The molecule has 17 heavy (non-hydrogen) atoms. The van der Waals surface area contributed by atoms with Gasteiger partial charge in [-0.15, -0.1) is 11.8 Å². The van der Waals surface area contributed by atoms with E-state index in [-0.39, 0.29) is 0 Å². The lowest BCUT2D eigenvalue weighted by atomic mass is 9.68. The number of fused-ring (bicyclic) bond motifs is 1. The minimum Gasteiger partial charge on any atom is -0.330 e. The maximum absolute atomic E-state index is 6.16. The highest BCUT2D eigenvalue weighted by Gasteiger charge is 2.35. The van der Waals surface area contributed by atoms with Crippen LogP contribution >= 0.6 is 11.8 Å². The molecule has 1 saturated carbocycles. The molecular weight excluding hydrogens is 226 g/mol. The molecule has 2 heteroatoms. The van der Waals surface area contributed by atoms with Crippen LogP contribution in [0, 0.1) is 0 Å². The number of nitrogens with two attached hydrogens (primary N) is 1. The summed E-state index contributed by atoms with van der Waals surface area (Å²) in [4.78, 5) is 1.51. The van der Waals surface area contributed by atoms with Crippen molar-refractivity contribution in [3.63, 3.8) is 0 Å². The van der Waals surface area contributed by atoms with E-state index in [1.807, 2.05) is 11.8 Å². The largest absolute Gasteiger partial charge is 0.330 e. The Morgan fingerprint density at radius 1 is 1.18 bits per heavy atom. The third-order valence-electron chi connectivity index (χ3n) is 4.52. The highest BCUT2D eigenvalue weighted by atomic mass is 32.2. The first-order valence-electron chi connectivity index (χ1n) is 6.81. The maximum Gasteiger partial charge on any atom is 0.0107 e. The van der Waals surface area contributed by atoms with Gasteiger partial charge in [-0.25, -0.2) is 0 Å². The smallest absolute Gasteiger partial charge is 0.0107 e. The zero-order valence-electron chi connectivity index (χ0n) is 10.4. The van der Waals surface area contributed by atoms with Crippen LogP contribution in [-0.2, 0) is 11.8 Å². The lowest BCUT2D eigenvalue weighted by Crippen LogP contribution is -2.38. The van der Waals surface area contributed by atoms with Gasteiger partial charge in [-0.05, 0) is 36.5 Å². The van der Waals surface area contributed by atoms with Crippen molar-refractivity contribution in [2.75, 3.05) is 12.3 Å². The minimum atomic E-state index is 0.300. The number of thioether (sulfide) groups is 1. The Bertz CT molecular complexity index is 407. The molecule has 1 aliphatic carbocycles. The Morgan fingerprint density at radius 3 is 2.76 bits per heavy atom. The lowest BCUT2D eigenvalue weighted by Gasteiger charge is -2.38. The lowest BCUT2D eigenvalue weighted by molar-refractivity contribution is 0.299. The number of hydrogen-bond donors (Lipinski definition) is 1. The Kier molecular flexibility index (Phi) is 3.18. The van der Waals surface area contributed by atoms with Crippen molar-refractivity contribution in [1.82, 2.24) is 0 Å². The fraction of sp³-hybridized carbons (Fsp3) is 0.600. The Hall–Kier alpha value is -0.470. The highest BCUT2D eigenvalue weighted by Crippen LogP contribution is 2.44. The van der Waals surface area contributed by atoms with Gasteiger partial charge in [0.1, 0.15) is 0 Å². The van der Waals surface area contributed by atoms with Gasteiger partial charge in [-0.3, -0.25) is 0 Å². The van der Waals surface area contributed by atoms with Crippen molar-refractivity contribution >= 4 is 11.8 Å². The molecule has 1 nitrogen and oxygen atoms in total. The Labute approximate surface area is 108 Å². The number of hydrogen-bond acceptors (Lipinski definition) is 2. The van der Waals surface area contributed by atoms with E-state index in [1.54, 1.807) is 11.1 Å². The summed E-state index contributed by atoms with van der Waals surface area (Å²) in [6, 6.07) is 6.87. The van der Waals surface area contributed by atoms with Crippen molar-refractivity contribution in [1.29, 1.82) is 0 Å². The van der Waals surface area contributed by atoms with Crippen molar-refractivity contribution in [3.8, 4) is 0 Å². The molecule has 0 unspecified atom stereocenters. The van der Waals surface area contributed by atoms with Crippen LogP contribution in [0.5, 0.6) is 0 Å². The van der Waals surface area contributed by atoms with Gasteiger partial charge in [-0.1, -0.05) is 31.4 Å². The van der Waals surface area contributed by atoms with E-state index in [0.29, 0.717) is 5.41 Å². The molecule has 92 valence electrons. The van der Waals surface area contributed by atoms with Gasteiger partial charge in [0.05, 0.1) is 0 Å². The Morgan fingerprint density at radius 2 is 2.00 bits per heavy atom. The molecule has 0 saturated heterocycles. The van der Waals surface area contributed by atoms with Crippen LogP contribution < -0.4 is 5.73 Å². The van der Waals surface area contributed by atoms with E-state index in [2.05, 4.69) is 18.2 Å². The first kappa shape index (κ1) is 11.6. The van der Waals surface area contributed by atoms with E-state index in [0.717, 1.165) is 6.54 Å². The van der Waals surface area contributed by atoms with Gasteiger partial charge in [0.15, 0.2) is 0 Å². The molecule has 0 bridgehead atoms. The molecule has 0 aromatic heterocycles. The van der Waals surface area contributed by atoms with Crippen LogP contribution in [0.2, 0.25) is 0 Å². The zero-order chi connectivity index (χ0) is 11.7. The third-order valence-corrected chi connectivity index (χ3v) is 5.62. The average molecular weight is 247 g/mol. The highest BCUT2D eigenvalue weighted by molar-refractivity contribution is 7.99. The second kappa shape index (κ2) is 4.66. The molecule has 1 aliphatic heterocycles. The van der Waals surface area contributed by atoms with Crippen LogP contribution in [0.15, 0.2) is 23.1 Å². The molecule has 1 aromatic carbocycles. The first-order chi connectivity index (χ1) is 8.36. The SMILES string of the molecule is NCC1(c2cccc3c2CCS3)CCCCC1. The minimum absolute atomic E-state index is 0.300. The van der Waals surface area contributed by atoms with Gasteiger partial charge in [0, 0.05) is 22.6 Å². The predicted molar refractivity (Wildman–Crippen MR) is 74.7 cm³/mol. The number of benzene rings is 1. The van der Waals surface area contributed by atoms with Gasteiger partial charge in [-0.2, -0.15) is 0 Å². The molecule has 1 fully saturated rings. The van der Waals surface area contributed by atoms with Gasteiger partial charge in [0.2, 0.25) is 0 Å². The standard InChI is InChI=1S/C15H21NS/c16-11-15(8-2-1-3-9-15)13-5-4-6-14-12(13)7-10-17-14/h4-6H,1-3,7-11,16H2. The summed E-state index contributed by atoms with van der Waals surface area (Å²) in [6.07, 6.45) is 7.95. The van der Waals surface area contributed by atoms with Gasteiger partial charge in [0.25, 0.3) is 0 Å². The topological polar surface area (TPSA) is 26.0 Å². The van der Waals surface area contributed by atoms with Crippen LogP contribution in [0.1, 0.15) is 43.2 Å². The summed E-state index contributed by atoms with van der Waals surface area (Å²) in [6.45, 7) is 0.828. The summed E-state index contributed by atoms with van der Waals surface area (Å²) in [5.41, 5.74) is 9.66. The van der Waals surface area contributed by atoms with Crippen molar-refractivity contribution in [3.05, 3.63) is 29.3 Å². The Balaban J connectivity index is 2.04. The predicted octanol–water partition coefficient (Wildman–Crippen LogP) is 3.50. The third kappa shape index (κ3) is 1.92. The van der Waals surface area contributed by atoms with Crippen molar-refractivity contribution < 1.29 is 0 Å². The molecular formula is C15H21NS. The van der Waals surface area contributed by atoms with E-state index < -0.39 is 0 Å². The van der Waals surface area contributed by atoms with Crippen LogP contribution in [0.25, 0.3) is 0 Å². The summed E-state index contributed by atoms with van der Waals surface area (Å²) < 4.78 is 0. The summed E-state index contributed by atoms with van der Waals surface area (Å²) in [5, 5.41) is 0.